The number of halogens is 1. The van der Waals surface area contributed by atoms with E-state index in [0.29, 0.717) is 17.4 Å². The van der Waals surface area contributed by atoms with E-state index in [1.165, 1.54) is 0 Å². The summed E-state index contributed by atoms with van der Waals surface area (Å²) in [6, 6.07) is 11.3. The summed E-state index contributed by atoms with van der Waals surface area (Å²) in [6.45, 7) is 4.44. The summed E-state index contributed by atoms with van der Waals surface area (Å²) in [5.41, 5.74) is 1.54. The number of hydrogen-bond donors (Lipinski definition) is 0. The number of carbonyl (C=O) groups excluding carboxylic acids is 1. The number of aromatic nitrogens is 1. The minimum Gasteiger partial charge on any atom is -0.443 e. The zero-order valence-corrected chi connectivity index (χ0v) is 13.3. The van der Waals surface area contributed by atoms with Gasteiger partial charge in [-0.2, -0.15) is 0 Å². The quantitative estimate of drug-likeness (QED) is 0.817. The van der Waals surface area contributed by atoms with E-state index in [1.807, 2.05) is 50.2 Å². The number of ether oxygens (including phenoxy) is 1. The fraction of sp³-hybridized carbons (Fsp3) is 0.294. The molecule has 0 atom stereocenters. The number of nitrogens with zero attached hydrogens (tertiary/aromatic N) is 2. The summed E-state index contributed by atoms with van der Waals surface area (Å²) in [5.74, 6) is 0.603. The summed E-state index contributed by atoms with van der Waals surface area (Å²) < 4.78 is 5.40. The molecular formula is C17H17ClN2O2. The van der Waals surface area contributed by atoms with Crippen molar-refractivity contribution >= 4 is 23.5 Å². The van der Waals surface area contributed by atoms with E-state index in [2.05, 4.69) is 4.98 Å². The maximum Gasteiger partial charge on any atom is 0.416 e. The molecule has 0 saturated carbocycles. The third kappa shape index (κ3) is 3.07. The van der Waals surface area contributed by atoms with Crippen LogP contribution in [0.25, 0.3) is 11.1 Å². The van der Waals surface area contributed by atoms with Gasteiger partial charge in [0.2, 0.25) is 0 Å². The largest absolute Gasteiger partial charge is 0.443 e. The van der Waals surface area contributed by atoms with Crippen molar-refractivity contribution in [1.29, 1.82) is 0 Å². The van der Waals surface area contributed by atoms with Crippen LogP contribution in [0.1, 0.15) is 20.3 Å². The fourth-order valence-corrected chi connectivity index (χ4v) is 2.60. The summed E-state index contributed by atoms with van der Waals surface area (Å²) >= 11 is 6.00. The van der Waals surface area contributed by atoms with Crippen molar-refractivity contribution < 1.29 is 9.53 Å². The van der Waals surface area contributed by atoms with Gasteiger partial charge < -0.3 is 4.74 Å². The first kappa shape index (κ1) is 14.9. The van der Waals surface area contributed by atoms with Crippen LogP contribution in [-0.2, 0) is 4.74 Å². The van der Waals surface area contributed by atoms with Crippen LogP contribution in [0, 0.1) is 0 Å². The van der Waals surface area contributed by atoms with Gasteiger partial charge in [-0.1, -0.05) is 23.7 Å². The van der Waals surface area contributed by atoms with Gasteiger partial charge in [-0.15, -0.1) is 0 Å². The van der Waals surface area contributed by atoms with Crippen molar-refractivity contribution in [2.75, 3.05) is 11.4 Å². The average molecular weight is 317 g/mol. The number of benzene rings is 1. The Labute approximate surface area is 134 Å². The number of anilines is 1. The highest BCUT2D eigenvalue weighted by atomic mass is 35.5. The number of pyridine rings is 1. The molecule has 0 N–H and O–H groups in total. The maximum atomic E-state index is 12.1. The molecule has 1 fully saturated rings. The van der Waals surface area contributed by atoms with Crippen molar-refractivity contribution in [2.24, 2.45) is 0 Å². The monoisotopic (exact) mass is 316 g/mol. The average Bonchev–Trinajstić information content (AvgIpc) is 2.47. The Morgan fingerprint density at radius 2 is 2.05 bits per heavy atom. The first-order valence-electron chi connectivity index (χ1n) is 7.17. The van der Waals surface area contributed by atoms with Crippen molar-refractivity contribution in [3.05, 3.63) is 47.6 Å². The summed E-state index contributed by atoms with van der Waals surface area (Å²) in [6.07, 6.45) is 2.17. The maximum absolute atomic E-state index is 12.1. The van der Waals surface area contributed by atoms with E-state index in [-0.39, 0.29) is 6.09 Å². The van der Waals surface area contributed by atoms with Gasteiger partial charge in [0.1, 0.15) is 11.4 Å². The minimum atomic E-state index is -0.408. The zero-order chi connectivity index (χ0) is 15.7. The Morgan fingerprint density at radius 1 is 1.23 bits per heavy atom. The van der Waals surface area contributed by atoms with Gasteiger partial charge in [0, 0.05) is 29.7 Å². The van der Waals surface area contributed by atoms with Crippen LogP contribution in [0.5, 0.6) is 0 Å². The predicted octanol–water partition coefficient (Wildman–Crippen LogP) is 4.53. The van der Waals surface area contributed by atoms with Gasteiger partial charge in [0.15, 0.2) is 0 Å². The molecule has 1 aromatic heterocycles. The Morgan fingerprint density at radius 3 is 2.68 bits per heavy atom. The molecule has 22 heavy (non-hydrogen) atoms. The summed E-state index contributed by atoms with van der Waals surface area (Å²) in [4.78, 5) is 18.0. The molecule has 5 heteroatoms. The molecule has 0 radical (unpaired) electrons. The summed E-state index contributed by atoms with van der Waals surface area (Å²) in [7, 11) is 0. The van der Waals surface area contributed by atoms with E-state index in [1.54, 1.807) is 11.1 Å². The lowest BCUT2D eigenvalue weighted by Crippen LogP contribution is -2.46. The molecular weight excluding hydrogens is 300 g/mol. The van der Waals surface area contributed by atoms with Crippen LogP contribution in [-0.4, -0.2) is 23.2 Å². The molecule has 0 unspecified atom stereocenters. The molecule has 2 heterocycles. The Balaban J connectivity index is 1.82. The Hall–Kier alpha value is -2.07. The third-order valence-electron chi connectivity index (χ3n) is 3.70. The van der Waals surface area contributed by atoms with E-state index in [4.69, 9.17) is 16.3 Å². The summed E-state index contributed by atoms with van der Waals surface area (Å²) in [5, 5.41) is 0.684. The van der Waals surface area contributed by atoms with Crippen LogP contribution in [0.3, 0.4) is 0 Å². The first-order valence-corrected chi connectivity index (χ1v) is 7.55. The zero-order valence-electron chi connectivity index (χ0n) is 12.5. The number of hydrogen-bond acceptors (Lipinski definition) is 3. The van der Waals surface area contributed by atoms with Crippen molar-refractivity contribution in [2.45, 2.75) is 25.9 Å². The van der Waals surface area contributed by atoms with Crippen molar-refractivity contribution in [3.63, 3.8) is 0 Å². The molecule has 1 aliphatic rings. The molecule has 1 aromatic carbocycles. The highest BCUT2D eigenvalue weighted by Crippen LogP contribution is 2.27. The number of amides is 1. The predicted molar refractivity (Wildman–Crippen MR) is 87.2 cm³/mol. The number of carbonyl (C=O) groups is 1. The lowest BCUT2D eigenvalue weighted by Gasteiger charge is -2.35. The molecule has 0 aliphatic carbocycles. The van der Waals surface area contributed by atoms with Crippen LogP contribution in [0.4, 0.5) is 10.6 Å². The van der Waals surface area contributed by atoms with Crippen LogP contribution >= 0.6 is 11.6 Å². The van der Waals surface area contributed by atoms with Gasteiger partial charge >= 0.3 is 6.09 Å². The second kappa shape index (κ2) is 5.61. The number of cyclic esters (lactones) is 1. The highest BCUT2D eigenvalue weighted by molar-refractivity contribution is 6.30. The fourth-order valence-electron chi connectivity index (χ4n) is 2.41. The third-order valence-corrected chi connectivity index (χ3v) is 3.94. The Kier molecular flexibility index (Phi) is 3.79. The van der Waals surface area contributed by atoms with E-state index in [9.17, 15) is 4.79 Å². The van der Waals surface area contributed by atoms with Crippen LogP contribution in [0.2, 0.25) is 5.02 Å². The lowest BCUT2D eigenvalue weighted by molar-refractivity contribution is 0.0234. The van der Waals surface area contributed by atoms with Gasteiger partial charge in [-0.25, -0.2) is 9.78 Å². The molecule has 2 aromatic rings. The second-order valence-electron chi connectivity index (χ2n) is 5.94. The van der Waals surface area contributed by atoms with E-state index in [0.717, 1.165) is 17.5 Å². The first-order chi connectivity index (χ1) is 10.4. The molecule has 1 aliphatic heterocycles. The van der Waals surface area contributed by atoms with Crippen molar-refractivity contribution in [3.8, 4) is 11.1 Å². The van der Waals surface area contributed by atoms with Crippen LogP contribution in [0.15, 0.2) is 42.6 Å². The normalized spacial score (nSPS) is 17.2. The van der Waals surface area contributed by atoms with Gasteiger partial charge in [0.25, 0.3) is 0 Å². The Bertz CT molecular complexity index is 698. The van der Waals surface area contributed by atoms with E-state index < -0.39 is 5.60 Å². The number of rotatable bonds is 2. The molecule has 3 rings (SSSR count). The molecule has 0 bridgehead atoms. The van der Waals surface area contributed by atoms with Crippen molar-refractivity contribution in [1.82, 2.24) is 4.98 Å². The van der Waals surface area contributed by atoms with Gasteiger partial charge in [-0.05, 0) is 43.7 Å². The highest BCUT2D eigenvalue weighted by Gasteiger charge is 2.33. The van der Waals surface area contributed by atoms with Gasteiger partial charge in [-0.3, -0.25) is 4.90 Å². The molecule has 114 valence electrons. The van der Waals surface area contributed by atoms with E-state index >= 15 is 0 Å². The molecule has 0 spiro atoms. The second-order valence-corrected chi connectivity index (χ2v) is 6.38. The SMILES string of the molecule is CC1(C)CCN(c2ccc(-c3cccc(Cl)c3)cn2)C(=O)O1. The lowest BCUT2D eigenvalue weighted by atomic mass is 10.0. The smallest absolute Gasteiger partial charge is 0.416 e. The van der Waals surface area contributed by atoms with Crippen LogP contribution < -0.4 is 4.90 Å². The molecule has 1 amide bonds. The molecule has 4 nitrogen and oxygen atoms in total. The van der Waals surface area contributed by atoms with Gasteiger partial charge in [0.05, 0.1) is 0 Å². The minimum absolute atomic E-state index is 0.348. The molecule has 1 saturated heterocycles. The standard InChI is InChI=1S/C17H17ClN2O2/c1-17(2)8-9-20(16(21)22-17)15-7-6-13(11-19-15)12-4-3-5-14(18)10-12/h3-7,10-11H,8-9H2,1-2H3. The topological polar surface area (TPSA) is 42.4 Å².